The Balaban J connectivity index is 1.34. The molecule has 0 spiro atoms. The highest BCUT2D eigenvalue weighted by molar-refractivity contribution is 6.38. The predicted molar refractivity (Wildman–Crippen MR) is 166 cm³/mol. The predicted octanol–water partition coefficient (Wildman–Crippen LogP) is 3.48. The van der Waals surface area contributed by atoms with Gasteiger partial charge in [0, 0.05) is 36.5 Å². The lowest BCUT2D eigenvalue weighted by Crippen LogP contribution is -2.55. The molecule has 2 fully saturated rings. The molecule has 0 radical (unpaired) electrons. The minimum absolute atomic E-state index is 0.000469. The number of piperidine rings is 1. The number of Topliss-reactive ketones (excluding diaryl/α,β-unsaturated/α-hetero) is 1. The van der Waals surface area contributed by atoms with Gasteiger partial charge < -0.3 is 25.8 Å². The maximum atomic E-state index is 13.9. The number of aromatic nitrogens is 1. The standard InChI is InChI=1S/C34H41N5O5/c1-22(39(21-24-12-5-6-13-24)34(44)29-18-25-14-7-8-16-27(25)37-29)31(41)38-28(19-26-15-9-17-35-32(26)42)30(40)33(43)36-20-23-10-3-2-4-11-23/h2-4,7-8,10-11,14,16,18,22,24,26,28,37H,5-6,9,12-13,15,17,19-21H2,1H3,(H,35,42)(H,36,43)(H,38,41)/t22-,26-,28-/m0/s1. The van der Waals surface area contributed by atoms with Crippen molar-refractivity contribution in [1.82, 2.24) is 25.8 Å². The average Bonchev–Trinajstić information content (AvgIpc) is 3.73. The third-order valence-corrected chi connectivity index (χ3v) is 8.87. The first-order chi connectivity index (χ1) is 21.3. The summed E-state index contributed by atoms with van der Waals surface area (Å²) in [4.78, 5) is 71.5. The summed E-state index contributed by atoms with van der Waals surface area (Å²) >= 11 is 0. The summed E-state index contributed by atoms with van der Waals surface area (Å²) in [6, 6.07) is 16.5. The Morgan fingerprint density at radius 3 is 2.41 bits per heavy atom. The van der Waals surface area contributed by atoms with Crippen LogP contribution >= 0.6 is 0 Å². The molecule has 1 aromatic heterocycles. The molecule has 10 heteroatoms. The number of hydrogen-bond donors (Lipinski definition) is 4. The molecule has 0 unspecified atom stereocenters. The van der Waals surface area contributed by atoms with Gasteiger partial charge in [0.1, 0.15) is 11.7 Å². The minimum Gasteiger partial charge on any atom is -0.356 e. The molecule has 1 aliphatic carbocycles. The molecule has 2 heterocycles. The van der Waals surface area contributed by atoms with E-state index < -0.39 is 35.6 Å². The maximum Gasteiger partial charge on any atom is 0.289 e. The van der Waals surface area contributed by atoms with Crippen LogP contribution in [0, 0.1) is 11.8 Å². The molecule has 5 rings (SSSR count). The Bertz CT molecular complexity index is 1460. The molecule has 1 aliphatic heterocycles. The summed E-state index contributed by atoms with van der Waals surface area (Å²) in [5.41, 5.74) is 2.04. The Morgan fingerprint density at radius 2 is 1.68 bits per heavy atom. The zero-order valence-electron chi connectivity index (χ0n) is 25.1. The third kappa shape index (κ3) is 7.53. The number of benzene rings is 2. The summed E-state index contributed by atoms with van der Waals surface area (Å²) in [5, 5.41) is 9.12. The van der Waals surface area contributed by atoms with E-state index in [1.807, 2.05) is 54.6 Å². The molecule has 0 bridgehead atoms. The van der Waals surface area contributed by atoms with Crippen LogP contribution in [0.1, 0.15) is 67.9 Å². The Labute approximate surface area is 257 Å². The van der Waals surface area contributed by atoms with Gasteiger partial charge in [-0.1, -0.05) is 61.4 Å². The van der Waals surface area contributed by atoms with Crippen LogP contribution in [0.2, 0.25) is 0 Å². The molecule has 4 amide bonds. The van der Waals surface area contributed by atoms with Crippen molar-refractivity contribution >= 4 is 40.3 Å². The largest absolute Gasteiger partial charge is 0.356 e. The van der Waals surface area contributed by atoms with Gasteiger partial charge in [0.15, 0.2) is 0 Å². The van der Waals surface area contributed by atoms with E-state index in [0.29, 0.717) is 25.2 Å². The number of fused-ring (bicyclic) bond motifs is 1. The first-order valence-corrected chi connectivity index (χ1v) is 15.6. The number of H-pyrrole nitrogens is 1. The smallest absolute Gasteiger partial charge is 0.289 e. The lowest BCUT2D eigenvalue weighted by atomic mass is 9.89. The quantitative estimate of drug-likeness (QED) is 0.236. The maximum absolute atomic E-state index is 13.9. The zero-order valence-corrected chi connectivity index (χ0v) is 25.1. The van der Waals surface area contributed by atoms with Gasteiger partial charge in [-0.15, -0.1) is 0 Å². The van der Waals surface area contributed by atoms with Crippen molar-refractivity contribution < 1.29 is 24.0 Å². The van der Waals surface area contributed by atoms with Crippen LogP contribution in [0.15, 0.2) is 60.7 Å². The van der Waals surface area contributed by atoms with E-state index in [0.717, 1.165) is 48.6 Å². The summed E-state index contributed by atoms with van der Waals surface area (Å²) in [6.07, 6.45) is 5.42. The number of aromatic amines is 1. The molecule has 2 aromatic carbocycles. The number of ketones is 1. The molecule has 3 aromatic rings. The molecular weight excluding hydrogens is 558 g/mol. The second-order valence-corrected chi connectivity index (χ2v) is 12.0. The van der Waals surface area contributed by atoms with Crippen LogP contribution in [0.5, 0.6) is 0 Å². The molecule has 2 aliphatic rings. The van der Waals surface area contributed by atoms with Crippen molar-refractivity contribution in [3.8, 4) is 0 Å². The fraction of sp³-hybridized carbons (Fsp3) is 0.441. The van der Waals surface area contributed by atoms with Crippen LogP contribution in [0.3, 0.4) is 0 Å². The summed E-state index contributed by atoms with van der Waals surface area (Å²) in [7, 11) is 0. The number of carbonyl (C=O) groups is 5. The normalized spacial score (nSPS) is 18.3. The van der Waals surface area contributed by atoms with E-state index in [2.05, 4.69) is 20.9 Å². The van der Waals surface area contributed by atoms with Gasteiger partial charge in [-0.25, -0.2) is 0 Å². The number of rotatable bonds is 12. The monoisotopic (exact) mass is 599 g/mol. The van der Waals surface area contributed by atoms with Crippen LogP contribution in [0.25, 0.3) is 10.9 Å². The lowest BCUT2D eigenvalue weighted by molar-refractivity contribution is -0.141. The second kappa shape index (κ2) is 14.3. The van der Waals surface area contributed by atoms with Crippen molar-refractivity contribution in [2.45, 2.75) is 70.5 Å². The third-order valence-electron chi connectivity index (χ3n) is 8.87. The van der Waals surface area contributed by atoms with Crippen molar-refractivity contribution in [2.24, 2.45) is 11.8 Å². The molecule has 1 saturated carbocycles. The van der Waals surface area contributed by atoms with E-state index in [1.165, 1.54) is 0 Å². The minimum atomic E-state index is -1.22. The van der Waals surface area contributed by atoms with Crippen LogP contribution in [0.4, 0.5) is 0 Å². The fourth-order valence-electron chi connectivity index (χ4n) is 6.27. The molecule has 10 nitrogen and oxygen atoms in total. The number of nitrogens with one attached hydrogen (secondary N) is 4. The highest BCUT2D eigenvalue weighted by Crippen LogP contribution is 2.27. The number of carbonyl (C=O) groups excluding carboxylic acids is 5. The van der Waals surface area contributed by atoms with E-state index >= 15 is 0 Å². The van der Waals surface area contributed by atoms with Crippen molar-refractivity contribution in [1.29, 1.82) is 0 Å². The van der Waals surface area contributed by atoms with E-state index in [1.54, 1.807) is 17.9 Å². The topological polar surface area (TPSA) is 140 Å². The van der Waals surface area contributed by atoms with Gasteiger partial charge in [0.2, 0.25) is 17.6 Å². The first-order valence-electron chi connectivity index (χ1n) is 15.6. The highest BCUT2D eigenvalue weighted by atomic mass is 16.2. The fourth-order valence-corrected chi connectivity index (χ4v) is 6.27. The summed E-state index contributed by atoms with van der Waals surface area (Å²) in [5.74, 6) is -2.94. The number of amides is 4. The van der Waals surface area contributed by atoms with Gasteiger partial charge in [-0.3, -0.25) is 24.0 Å². The van der Waals surface area contributed by atoms with Gasteiger partial charge in [-0.2, -0.15) is 0 Å². The number of nitrogens with zero attached hydrogens (tertiary/aromatic N) is 1. The Hall–Kier alpha value is -4.47. The number of para-hydroxylation sites is 1. The first kappa shape index (κ1) is 31.0. The average molecular weight is 600 g/mol. The van der Waals surface area contributed by atoms with Gasteiger partial charge >= 0.3 is 0 Å². The molecule has 4 N–H and O–H groups in total. The second-order valence-electron chi connectivity index (χ2n) is 12.0. The van der Waals surface area contributed by atoms with Gasteiger partial charge in [-0.05, 0) is 62.6 Å². The highest BCUT2D eigenvalue weighted by Gasteiger charge is 2.36. The summed E-state index contributed by atoms with van der Waals surface area (Å²) in [6.45, 7) is 2.76. The van der Waals surface area contributed by atoms with Crippen molar-refractivity contribution in [2.75, 3.05) is 13.1 Å². The Kier molecular flexibility index (Phi) is 10.1. The molecular formula is C34H41N5O5. The molecule has 1 saturated heterocycles. The molecule has 3 atom stereocenters. The van der Waals surface area contributed by atoms with E-state index in [4.69, 9.17) is 0 Å². The van der Waals surface area contributed by atoms with Crippen molar-refractivity contribution in [3.63, 3.8) is 0 Å². The Morgan fingerprint density at radius 1 is 0.955 bits per heavy atom. The zero-order chi connectivity index (χ0) is 31.1. The van der Waals surface area contributed by atoms with Crippen LogP contribution < -0.4 is 16.0 Å². The van der Waals surface area contributed by atoms with E-state index in [9.17, 15) is 24.0 Å². The molecule has 44 heavy (non-hydrogen) atoms. The SMILES string of the molecule is C[C@@H](C(=O)N[C@@H](C[C@@H]1CCCNC1=O)C(=O)C(=O)NCc1ccccc1)N(CC1CCCC1)C(=O)c1cc2ccccc2[nH]1. The van der Waals surface area contributed by atoms with Crippen molar-refractivity contribution in [3.05, 3.63) is 71.9 Å². The molecule has 232 valence electrons. The van der Waals surface area contributed by atoms with Crippen LogP contribution in [-0.4, -0.2) is 64.5 Å². The lowest BCUT2D eigenvalue weighted by Gasteiger charge is -2.32. The summed E-state index contributed by atoms with van der Waals surface area (Å²) < 4.78 is 0. The number of hydrogen-bond acceptors (Lipinski definition) is 5. The van der Waals surface area contributed by atoms with Crippen LogP contribution in [-0.2, 0) is 25.7 Å². The van der Waals surface area contributed by atoms with Gasteiger partial charge in [0.05, 0.1) is 6.04 Å². The van der Waals surface area contributed by atoms with Gasteiger partial charge in [0.25, 0.3) is 11.8 Å². The van der Waals surface area contributed by atoms with E-state index in [-0.39, 0.29) is 30.7 Å².